The summed E-state index contributed by atoms with van der Waals surface area (Å²) < 4.78 is 24.3. The lowest BCUT2D eigenvalue weighted by Crippen LogP contribution is -2.00. The molecular formula is C14H11ClFNO2. The fourth-order valence-electron chi connectivity index (χ4n) is 2.09. The van der Waals surface area contributed by atoms with Gasteiger partial charge in [-0.25, -0.2) is 4.98 Å². The first kappa shape index (κ1) is 12.2. The predicted molar refractivity (Wildman–Crippen MR) is 69.2 cm³/mol. The van der Waals surface area contributed by atoms with Gasteiger partial charge < -0.3 is 9.47 Å². The van der Waals surface area contributed by atoms with E-state index in [-0.39, 0.29) is 12.4 Å². The highest BCUT2D eigenvalue weighted by Gasteiger charge is 2.18. The number of aromatic nitrogens is 1. The van der Waals surface area contributed by atoms with Crippen LogP contribution in [0.15, 0.2) is 30.5 Å². The van der Waals surface area contributed by atoms with Gasteiger partial charge in [0.2, 0.25) is 0 Å². The zero-order chi connectivity index (χ0) is 13.2. The number of hydrogen-bond donors (Lipinski definition) is 0. The molecule has 0 amide bonds. The summed E-state index contributed by atoms with van der Waals surface area (Å²) >= 11 is 6.04. The molecule has 0 N–H and O–H groups in total. The Kier molecular flexibility index (Phi) is 3.25. The SMILES string of the molecule is Fc1ncccc1OCc1cc(Cl)cc2c1OCC2. The van der Waals surface area contributed by atoms with E-state index < -0.39 is 5.95 Å². The monoisotopic (exact) mass is 279 g/mol. The fraction of sp³-hybridized carbons (Fsp3) is 0.214. The van der Waals surface area contributed by atoms with Gasteiger partial charge in [-0.2, -0.15) is 4.39 Å². The minimum atomic E-state index is -0.623. The molecule has 98 valence electrons. The first-order valence-corrected chi connectivity index (χ1v) is 6.29. The van der Waals surface area contributed by atoms with E-state index in [0.29, 0.717) is 11.6 Å². The van der Waals surface area contributed by atoms with Gasteiger partial charge in [0.15, 0.2) is 5.75 Å². The average Bonchev–Trinajstić information content (AvgIpc) is 2.85. The second kappa shape index (κ2) is 5.05. The molecule has 2 aromatic rings. The van der Waals surface area contributed by atoms with Crippen molar-refractivity contribution in [3.8, 4) is 11.5 Å². The molecule has 0 spiro atoms. The minimum Gasteiger partial charge on any atom is -0.493 e. The lowest BCUT2D eigenvalue weighted by Gasteiger charge is -2.10. The number of rotatable bonds is 3. The summed E-state index contributed by atoms with van der Waals surface area (Å²) in [5.41, 5.74) is 1.89. The molecule has 0 saturated heterocycles. The summed E-state index contributed by atoms with van der Waals surface area (Å²) in [6, 6.07) is 6.82. The van der Waals surface area contributed by atoms with Crippen molar-refractivity contribution in [2.24, 2.45) is 0 Å². The number of nitrogens with zero attached hydrogens (tertiary/aromatic N) is 1. The third-order valence-electron chi connectivity index (χ3n) is 2.93. The van der Waals surface area contributed by atoms with E-state index in [2.05, 4.69) is 4.98 Å². The molecule has 1 aliphatic heterocycles. The summed E-state index contributed by atoms with van der Waals surface area (Å²) in [5, 5.41) is 0.634. The summed E-state index contributed by atoms with van der Waals surface area (Å²) in [6.07, 6.45) is 2.21. The molecule has 1 aromatic carbocycles. The van der Waals surface area contributed by atoms with Gasteiger partial charge in [0, 0.05) is 23.2 Å². The van der Waals surface area contributed by atoms with Crippen LogP contribution in [0, 0.1) is 5.95 Å². The quantitative estimate of drug-likeness (QED) is 0.807. The normalized spacial score (nSPS) is 12.9. The van der Waals surface area contributed by atoms with Gasteiger partial charge in [-0.15, -0.1) is 0 Å². The van der Waals surface area contributed by atoms with Gasteiger partial charge in [0.05, 0.1) is 6.61 Å². The molecular weight excluding hydrogens is 269 g/mol. The van der Waals surface area contributed by atoms with Gasteiger partial charge in [0.1, 0.15) is 12.4 Å². The first-order valence-electron chi connectivity index (χ1n) is 5.91. The maximum absolute atomic E-state index is 13.4. The number of ether oxygens (including phenoxy) is 2. The third-order valence-corrected chi connectivity index (χ3v) is 3.15. The molecule has 0 saturated carbocycles. The second-order valence-electron chi connectivity index (χ2n) is 4.23. The standard InChI is InChI=1S/C14H11ClFNO2/c15-11-6-9-3-5-18-13(9)10(7-11)8-19-12-2-1-4-17-14(12)16/h1-2,4,6-7H,3,5,8H2. The molecule has 1 aliphatic rings. The maximum atomic E-state index is 13.4. The lowest BCUT2D eigenvalue weighted by molar-refractivity contribution is 0.276. The van der Waals surface area contributed by atoms with Crippen molar-refractivity contribution in [2.45, 2.75) is 13.0 Å². The van der Waals surface area contributed by atoms with E-state index in [0.717, 1.165) is 23.3 Å². The predicted octanol–water partition coefficient (Wildman–Crippen LogP) is 3.39. The highest BCUT2D eigenvalue weighted by atomic mass is 35.5. The summed E-state index contributed by atoms with van der Waals surface area (Å²) in [6.45, 7) is 0.843. The van der Waals surface area contributed by atoms with Crippen molar-refractivity contribution >= 4 is 11.6 Å². The van der Waals surface area contributed by atoms with Crippen LogP contribution in [-0.2, 0) is 13.0 Å². The molecule has 0 unspecified atom stereocenters. The highest BCUT2D eigenvalue weighted by molar-refractivity contribution is 6.30. The molecule has 5 heteroatoms. The lowest BCUT2D eigenvalue weighted by atomic mass is 10.1. The van der Waals surface area contributed by atoms with E-state index in [1.54, 1.807) is 12.1 Å². The van der Waals surface area contributed by atoms with Gasteiger partial charge >= 0.3 is 0 Å². The van der Waals surface area contributed by atoms with Crippen LogP contribution in [0.1, 0.15) is 11.1 Å². The van der Waals surface area contributed by atoms with Gasteiger partial charge in [0.25, 0.3) is 5.95 Å². The summed E-state index contributed by atoms with van der Waals surface area (Å²) in [5.74, 6) is 0.296. The average molecular weight is 280 g/mol. The van der Waals surface area contributed by atoms with Crippen molar-refractivity contribution in [1.29, 1.82) is 0 Å². The Balaban J connectivity index is 1.83. The molecule has 1 aromatic heterocycles. The molecule has 0 atom stereocenters. The van der Waals surface area contributed by atoms with E-state index in [9.17, 15) is 4.39 Å². The van der Waals surface area contributed by atoms with Crippen molar-refractivity contribution < 1.29 is 13.9 Å². The largest absolute Gasteiger partial charge is 0.493 e. The van der Waals surface area contributed by atoms with Crippen LogP contribution in [0.4, 0.5) is 4.39 Å². The van der Waals surface area contributed by atoms with Crippen molar-refractivity contribution in [2.75, 3.05) is 6.61 Å². The van der Waals surface area contributed by atoms with Crippen LogP contribution >= 0.6 is 11.6 Å². The van der Waals surface area contributed by atoms with Gasteiger partial charge in [-0.05, 0) is 29.8 Å². The van der Waals surface area contributed by atoms with Crippen LogP contribution < -0.4 is 9.47 Å². The number of pyridine rings is 1. The van der Waals surface area contributed by atoms with Crippen molar-refractivity contribution in [1.82, 2.24) is 4.98 Å². The van der Waals surface area contributed by atoms with Crippen LogP contribution in [0.5, 0.6) is 11.5 Å². The Hall–Kier alpha value is -1.81. The van der Waals surface area contributed by atoms with E-state index in [4.69, 9.17) is 21.1 Å². The van der Waals surface area contributed by atoms with Crippen LogP contribution in [0.25, 0.3) is 0 Å². The van der Waals surface area contributed by atoms with Crippen LogP contribution in [0.3, 0.4) is 0 Å². The molecule has 2 heterocycles. The topological polar surface area (TPSA) is 31.4 Å². The summed E-state index contributed by atoms with van der Waals surface area (Å²) in [4.78, 5) is 3.53. The van der Waals surface area contributed by atoms with Crippen molar-refractivity contribution in [3.63, 3.8) is 0 Å². The second-order valence-corrected chi connectivity index (χ2v) is 4.67. The van der Waals surface area contributed by atoms with Crippen LogP contribution in [-0.4, -0.2) is 11.6 Å². The Morgan fingerprint density at radius 3 is 3.16 bits per heavy atom. The molecule has 0 radical (unpaired) electrons. The van der Waals surface area contributed by atoms with Crippen molar-refractivity contribution in [3.05, 3.63) is 52.6 Å². The van der Waals surface area contributed by atoms with E-state index in [1.807, 2.05) is 6.07 Å². The smallest absolute Gasteiger partial charge is 0.255 e. The fourth-order valence-corrected chi connectivity index (χ4v) is 2.35. The highest BCUT2D eigenvalue weighted by Crippen LogP contribution is 2.33. The van der Waals surface area contributed by atoms with Gasteiger partial charge in [-0.3, -0.25) is 0 Å². The first-order chi connectivity index (χ1) is 9.24. The summed E-state index contributed by atoms with van der Waals surface area (Å²) in [7, 11) is 0. The molecule has 19 heavy (non-hydrogen) atoms. The number of hydrogen-bond acceptors (Lipinski definition) is 3. The van der Waals surface area contributed by atoms with Crippen LogP contribution in [0.2, 0.25) is 5.02 Å². The van der Waals surface area contributed by atoms with E-state index >= 15 is 0 Å². The Morgan fingerprint density at radius 2 is 2.32 bits per heavy atom. The molecule has 3 rings (SSSR count). The maximum Gasteiger partial charge on any atom is 0.255 e. The zero-order valence-corrected chi connectivity index (χ0v) is 10.8. The number of halogens is 2. The Bertz CT molecular complexity index is 618. The Labute approximate surface area is 114 Å². The molecule has 0 fully saturated rings. The Morgan fingerprint density at radius 1 is 1.42 bits per heavy atom. The number of benzene rings is 1. The molecule has 0 bridgehead atoms. The number of fused-ring (bicyclic) bond motifs is 1. The zero-order valence-electron chi connectivity index (χ0n) is 10.0. The molecule has 3 nitrogen and oxygen atoms in total. The minimum absolute atomic E-state index is 0.120. The van der Waals surface area contributed by atoms with E-state index in [1.165, 1.54) is 12.3 Å². The third kappa shape index (κ3) is 2.49. The van der Waals surface area contributed by atoms with Gasteiger partial charge in [-0.1, -0.05) is 11.6 Å². The molecule has 0 aliphatic carbocycles.